The van der Waals surface area contributed by atoms with Crippen LogP contribution in [0.5, 0.6) is 0 Å². The van der Waals surface area contributed by atoms with E-state index in [0.717, 1.165) is 69.4 Å². The van der Waals surface area contributed by atoms with Gasteiger partial charge in [0, 0.05) is 44.5 Å². The van der Waals surface area contributed by atoms with Gasteiger partial charge in [-0.2, -0.15) is 0 Å². The molecule has 32 heavy (non-hydrogen) atoms. The Morgan fingerprint density at radius 1 is 1.19 bits per heavy atom. The monoisotopic (exact) mass is 554 g/mol. The number of guanidine groups is 1. The van der Waals surface area contributed by atoms with Crippen LogP contribution in [0.1, 0.15) is 30.9 Å². The summed E-state index contributed by atoms with van der Waals surface area (Å²) in [6, 6.07) is 13.4. The minimum Gasteiger partial charge on any atom is -0.381 e. The molecule has 1 fully saturated rings. The lowest BCUT2D eigenvalue weighted by Gasteiger charge is -2.12. The average Bonchev–Trinajstić information content (AvgIpc) is 3.30. The average molecular weight is 554 g/mol. The lowest BCUT2D eigenvalue weighted by Crippen LogP contribution is -2.38. The number of hydrogen-bond donors (Lipinski definition) is 2. The first-order valence-corrected chi connectivity index (χ1v) is 11.2. The number of halogens is 1. The van der Waals surface area contributed by atoms with Gasteiger partial charge in [-0.15, -0.1) is 24.0 Å². The fourth-order valence-corrected chi connectivity index (χ4v) is 3.40. The summed E-state index contributed by atoms with van der Waals surface area (Å²) in [5.41, 5.74) is 2.23. The molecule has 1 aromatic carbocycles. The Balaban J connectivity index is 0.00000363. The molecule has 1 unspecified atom stereocenters. The van der Waals surface area contributed by atoms with Crippen molar-refractivity contribution in [1.82, 2.24) is 15.2 Å². The van der Waals surface area contributed by atoms with Crippen LogP contribution < -0.4 is 16.2 Å². The smallest absolute Gasteiger partial charge is 0.250 e. The van der Waals surface area contributed by atoms with E-state index in [-0.39, 0.29) is 29.5 Å². The molecule has 176 valence electrons. The van der Waals surface area contributed by atoms with Crippen molar-refractivity contribution in [3.8, 4) is 0 Å². The summed E-state index contributed by atoms with van der Waals surface area (Å²) in [7, 11) is 0. The van der Waals surface area contributed by atoms with Crippen LogP contribution in [0.2, 0.25) is 0 Å². The van der Waals surface area contributed by atoms with Crippen LogP contribution in [-0.4, -0.2) is 50.0 Å². The van der Waals surface area contributed by atoms with Gasteiger partial charge in [-0.1, -0.05) is 30.3 Å². The molecule has 2 aromatic rings. The van der Waals surface area contributed by atoms with E-state index in [2.05, 4.69) is 46.8 Å². The minimum atomic E-state index is 0. The molecule has 7 nitrogen and oxygen atoms in total. The van der Waals surface area contributed by atoms with E-state index in [1.165, 1.54) is 0 Å². The van der Waals surface area contributed by atoms with Gasteiger partial charge in [-0.3, -0.25) is 4.79 Å². The Bertz CT molecular complexity index is 864. The fourth-order valence-electron chi connectivity index (χ4n) is 3.40. The third-order valence-corrected chi connectivity index (χ3v) is 5.17. The Morgan fingerprint density at radius 2 is 2.00 bits per heavy atom. The molecule has 0 aliphatic carbocycles. The van der Waals surface area contributed by atoms with Crippen molar-refractivity contribution in [1.29, 1.82) is 0 Å². The van der Waals surface area contributed by atoms with Crippen molar-refractivity contribution in [2.24, 2.45) is 10.9 Å². The zero-order chi connectivity index (χ0) is 21.7. The highest BCUT2D eigenvalue weighted by Gasteiger charge is 2.15. The molecule has 1 atom stereocenters. The van der Waals surface area contributed by atoms with Crippen LogP contribution in [0.4, 0.5) is 0 Å². The Kier molecular flexibility index (Phi) is 12.4. The summed E-state index contributed by atoms with van der Waals surface area (Å²) in [6.45, 7) is 8.10. The number of hydrogen-bond acceptors (Lipinski definition) is 4. The zero-order valence-corrected chi connectivity index (χ0v) is 21.1. The first-order valence-electron chi connectivity index (χ1n) is 11.2. The second-order valence-electron chi connectivity index (χ2n) is 7.76. The quantitative estimate of drug-likeness (QED) is 0.193. The largest absolute Gasteiger partial charge is 0.381 e. The summed E-state index contributed by atoms with van der Waals surface area (Å²) < 4.78 is 12.8. The molecule has 0 amide bonds. The minimum absolute atomic E-state index is 0. The van der Waals surface area contributed by atoms with Gasteiger partial charge in [0.2, 0.25) is 0 Å². The lowest BCUT2D eigenvalue weighted by molar-refractivity contribution is 0.0888. The third-order valence-electron chi connectivity index (χ3n) is 5.17. The molecule has 3 rings (SSSR count). The molecule has 8 heteroatoms. The van der Waals surface area contributed by atoms with E-state index in [0.29, 0.717) is 19.0 Å². The number of nitrogens with one attached hydrogen (secondary N) is 2. The molecule has 1 saturated heterocycles. The van der Waals surface area contributed by atoms with E-state index in [4.69, 9.17) is 9.47 Å². The summed E-state index contributed by atoms with van der Waals surface area (Å²) in [5, 5.41) is 6.65. The van der Waals surface area contributed by atoms with Crippen LogP contribution >= 0.6 is 24.0 Å². The van der Waals surface area contributed by atoms with Gasteiger partial charge < -0.3 is 24.7 Å². The van der Waals surface area contributed by atoms with Gasteiger partial charge in [-0.05, 0) is 37.0 Å². The van der Waals surface area contributed by atoms with Gasteiger partial charge >= 0.3 is 0 Å². The molecule has 0 bridgehead atoms. The number of benzene rings is 1. The number of pyridine rings is 1. The van der Waals surface area contributed by atoms with E-state index >= 15 is 0 Å². The van der Waals surface area contributed by atoms with Crippen molar-refractivity contribution >= 4 is 29.9 Å². The second-order valence-corrected chi connectivity index (χ2v) is 7.76. The molecule has 0 spiro atoms. The molecular weight excluding hydrogens is 519 g/mol. The SMILES string of the molecule is CCNC(=NCc1ccc(Cn2ccccc2=O)cc1)NCCCOCC1CCOC1.I. The zero-order valence-electron chi connectivity index (χ0n) is 18.8. The van der Waals surface area contributed by atoms with E-state index in [1.54, 1.807) is 16.7 Å². The topological polar surface area (TPSA) is 76.9 Å². The molecule has 1 aliphatic rings. The fraction of sp³-hybridized carbons (Fsp3) is 0.500. The molecule has 1 aromatic heterocycles. The van der Waals surface area contributed by atoms with Crippen molar-refractivity contribution in [2.45, 2.75) is 32.9 Å². The predicted molar refractivity (Wildman–Crippen MR) is 139 cm³/mol. The normalized spacial score (nSPS) is 15.9. The van der Waals surface area contributed by atoms with Crippen molar-refractivity contribution < 1.29 is 9.47 Å². The summed E-state index contributed by atoms with van der Waals surface area (Å²) >= 11 is 0. The highest BCUT2D eigenvalue weighted by atomic mass is 127. The third kappa shape index (κ3) is 9.30. The van der Waals surface area contributed by atoms with E-state index in [9.17, 15) is 4.79 Å². The summed E-state index contributed by atoms with van der Waals surface area (Å²) in [4.78, 5) is 16.5. The standard InChI is InChI=1S/C24H34N4O3.HI/c1-2-25-24(26-12-5-14-30-18-22-11-15-31-19-22)27-16-20-7-9-21(10-8-20)17-28-13-4-3-6-23(28)29;/h3-4,6-10,13,22H,2,5,11-12,14-19H2,1H3,(H2,25,26,27);1H. The van der Waals surface area contributed by atoms with E-state index < -0.39 is 0 Å². The number of ether oxygens (including phenoxy) is 2. The Morgan fingerprint density at radius 3 is 2.72 bits per heavy atom. The van der Waals surface area contributed by atoms with E-state index in [1.807, 2.05) is 12.3 Å². The maximum atomic E-state index is 11.9. The second kappa shape index (κ2) is 15.0. The number of nitrogens with zero attached hydrogens (tertiary/aromatic N) is 2. The van der Waals surface area contributed by atoms with Crippen LogP contribution in [0.25, 0.3) is 0 Å². The Hall–Kier alpha value is -1.91. The van der Waals surface area contributed by atoms with Crippen LogP contribution in [0.3, 0.4) is 0 Å². The van der Waals surface area contributed by atoms with Crippen molar-refractivity contribution in [3.63, 3.8) is 0 Å². The van der Waals surface area contributed by atoms with Crippen LogP contribution in [0.15, 0.2) is 58.4 Å². The van der Waals surface area contributed by atoms with Gasteiger partial charge in [-0.25, -0.2) is 4.99 Å². The summed E-state index contributed by atoms with van der Waals surface area (Å²) in [5.74, 6) is 1.37. The number of rotatable bonds is 11. The molecular formula is C24H35IN4O3. The van der Waals surface area contributed by atoms with Crippen LogP contribution in [-0.2, 0) is 22.6 Å². The predicted octanol–water partition coefficient (Wildman–Crippen LogP) is 3.01. The molecule has 2 N–H and O–H groups in total. The number of aliphatic imine (C=N–C) groups is 1. The maximum absolute atomic E-state index is 11.9. The first kappa shape index (κ1) is 26.3. The molecule has 1 aliphatic heterocycles. The van der Waals surface area contributed by atoms with Crippen LogP contribution in [0, 0.1) is 5.92 Å². The highest BCUT2D eigenvalue weighted by Crippen LogP contribution is 2.12. The van der Waals surface area contributed by atoms with Crippen molar-refractivity contribution in [2.75, 3.05) is 39.5 Å². The highest BCUT2D eigenvalue weighted by molar-refractivity contribution is 14.0. The number of aromatic nitrogens is 1. The van der Waals surface area contributed by atoms with Crippen molar-refractivity contribution in [3.05, 3.63) is 70.1 Å². The van der Waals surface area contributed by atoms with Gasteiger partial charge in [0.05, 0.1) is 26.3 Å². The van der Waals surface area contributed by atoms with Gasteiger partial charge in [0.25, 0.3) is 5.56 Å². The Labute approximate surface area is 207 Å². The first-order chi connectivity index (χ1) is 15.2. The summed E-state index contributed by atoms with van der Waals surface area (Å²) in [6.07, 6.45) is 3.86. The molecule has 2 heterocycles. The molecule has 0 saturated carbocycles. The molecule has 0 radical (unpaired) electrons. The maximum Gasteiger partial charge on any atom is 0.250 e. The van der Waals surface area contributed by atoms with Gasteiger partial charge in [0.1, 0.15) is 0 Å². The van der Waals surface area contributed by atoms with Gasteiger partial charge in [0.15, 0.2) is 5.96 Å². The lowest BCUT2D eigenvalue weighted by atomic mass is 10.1.